The Labute approximate surface area is 139 Å². The Bertz CT molecular complexity index is 609. The predicted molar refractivity (Wildman–Crippen MR) is 90.4 cm³/mol. The summed E-state index contributed by atoms with van der Waals surface area (Å²) in [4.78, 5) is 0. The van der Waals surface area contributed by atoms with Crippen LogP contribution < -0.4 is 5.32 Å². The average molecular weight is 346 g/mol. The number of rotatable bonds is 3. The highest BCUT2D eigenvalue weighted by Gasteiger charge is 2.34. The van der Waals surface area contributed by atoms with Crippen molar-refractivity contribution < 1.29 is 8.42 Å². The standard InChI is InChI=1S/C15H23N3O2S.ClH/c1-16-15-7-4-9-17(12-15)21(19,20)18-10-8-13-5-2-3-6-14(13)11-18;/h2-3,5-6,15-16H,4,7-12H2,1H3;1H. The van der Waals surface area contributed by atoms with Crippen molar-refractivity contribution in [3.63, 3.8) is 0 Å². The molecule has 7 heteroatoms. The van der Waals surface area contributed by atoms with E-state index in [4.69, 9.17) is 0 Å². The Morgan fingerprint density at radius 1 is 1.14 bits per heavy atom. The number of hydrogen-bond donors (Lipinski definition) is 1. The van der Waals surface area contributed by atoms with Gasteiger partial charge < -0.3 is 5.32 Å². The molecule has 3 rings (SSSR count). The molecule has 0 aliphatic carbocycles. The van der Waals surface area contributed by atoms with Crippen molar-refractivity contribution in [2.75, 3.05) is 26.7 Å². The monoisotopic (exact) mass is 345 g/mol. The van der Waals surface area contributed by atoms with Crippen molar-refractivity contribution in [1.82, 2.24) is 13.9 Å². The van der Waals surface area contributed by atoms with Crippen molar-refractivity contribution >= 4 is 22.6 Å². The van der Waals surface area contributed by atoms with Crippen molar-refractivity contribution in [1.29, 1.82) is 0 Å². The lowest BCUT2D eigenvalue weighted by Crippen LogP contribution is -2.52. The Balaban J connectivity index is 0.00000176. The molecule has 0 bridgehead atoms. The fourth-order valence-corrected chi connectivity index (χ4v) is 4.90. The summed E-state index contributed by atoms with van der Waals surface area (Å²) in [5.74, 6) is 0. The molecule has 0 saturated carbocycles. The van der Waals surface area contributed by atoms with Crippen LogP contribution in [0.1, 0.15) is 24.0 Å². The van der Waals surface area contributed by atoms with Crippen LogP contribution >= 0.6 is 12.4 Å². The maximum atomic E-state index is 12.8. The van der Waals surface area contributed by atoms with Crippen LogP contribution in [0.4, 0.5) is 0 Å². The normalized spacial score (nSPS) is 23.6. The lowest BCUT2D eigenvalue weighted by molar-refractivity contribution is 0.263. The van der Waals surface area contributed by atoms with Gasteiger partial charge >= 0.3 is 0 Å². The van der Waals surface area contributed by atoms with E-state index >= 15 is 0 Å². The van der Waals surface area contributed by atoms with Crippen LogP contribution in [0.3, 0.4) is 0 Å². The molecular formula is C15H24ClN3O2S. The molecule has 0 aromatic heterocycles. The van der Waals surface area contributed by atoms with Gasteiger partial charge in [-0.15, -0.1) is 12.4 Å². The van der Waals surface area contributed by atoms with Gasteiger partial charge in [0.2, 0.25) is 0 Å². The highest BCUT2D eigenvalue weighted by Crippen LogP contribution is 2.24. The summed E-state index contributed by atoms with van der Waals surface area (Å²) in [7, 11) is -1.44. The molecule has 0 spiro atoms. The van der Waals surface area contributed by atoms with Crippen LogP contribution in [-0.2, 0) is 23.2 Å². The molecule has 0 radical (unpaired) electrons. The second kappa shape index (κ2) is 7.27. The number of hydrogen-bond acceptors (Lipinski definition) is 3. The summed E-state index contributed by atoms with van der Waals surface area (Å²) < 4.78 is 28.9. The molecule has 1 unspecified atom stereocenters. The average Bonchev–Trinajstić information content (AvgIpc) is 2.54. The zero-order valence-corrected chi connectivity index (χ0v) is 14.5. The lowest BCUT2D eigenvalue weighted by Gasteiger charge is -2.37. The second-order valence-corrected chi connectivity index (χ2v) is 7.77. The van der Waals surface area contributed by atoms with Gasteiger partial charge in [-0.2, -0.15) is 17.0 Å². The van der Waals surface area contributed by atoms with E-state index in [2.05, 4.69) is 11.4 Å². The topological polar surface area (TPSA) is 52.7 Å². The molecule has 0 amide bonds. The molecule has 22 heavy (non-hydrogen) atoms. The molecule has 2 aliphatic heterocycles. The number of likely N-dealkylation sites (N-methyl/N-ethyl adjacent to an activating group) is 1. The maximum absolute atomic E-state index is 12.8. The third-order valence-electron chi connectivity index (χ3n) is 4.54. The second-order valence-electron chi connectivity index (χ2n) is 5.85. The van der Waals surface area contributed by atoms with Crippen molar-refractivity contribution in [3.8, 4) is 0 Å². The van der Waals surface area contributed by atoms with Gasteiger partial charge in [0, 0.05) is 32.2 Å². The predicted octanol–water partition coefficient (Wildman–Crippen LogP) is 1.40. The number of piperidine rings is 1. The highest BCUT2D eigenvalue weighted by atomic mass is 35.5. The molecule has 1 aromatic carbocycles. The van der Waals surface area contributed by atoms with Crippen LogP contribution in [0, 0.1) is 0 Å². The minimum absolute atomic E-state index is 0. The van der Waals surface area contributed by atoms with E-state index in [0.717, 1.165) is 24.8 Å². The van der Waals surface area contributed by atoms with Gasteiger partial charge in [0.25, 0.3) is 10.2 Å². The van der Waals surface area contributed by atoms with Crippen LogP contribution in [0.15, 0.2) is 24.3 Å². The fraction of sp³-hybridized carbons (Fsp3) is 0.600. The van der Waals surface area contributed by atoms with Crippen molar-refractivity contribution in [2.24, 2.45) is 0 Å². The zero-order valence-electron chi connectivity index (χ0n) is 12.9. The first-order chi connectivity index (χ1) is 10.1. The van der Waals surface area contributed by atoms with Crippen LogP contribution in [0.25, 0.3) is 0 Å². The number of halogens is 1. The van der Waals surface area contributed by atoms with Gasteiger partial charge in [0.05, 0.1) is 0 Å². The van der Waals surface area contributed by atoms with Crippen LogP contribution in [-0.4, -0.2) is 49.8 Å². The number of fused-ring (bicyclic) bond motifs is 1. The van der Waals surface area contributed by atoms with Crippen molar-refractivity contribution in [2.45, 2.75) is 31.8 Å². The van der Waals surface area contributed by atoms with E-state index in [1.165, 1.54) is 5.56 Å². The molecule has 1 atom stereocenters. The summed E-state index contributed by atoms with van der Waals surface area (Å²) in [6, 6.07) is 8.39. The summed E-state index contributed by atoms with van der Waals surface area (Å²) in [5.41, 5.74) is 2.41. The molecule has 2 heterocycles. The Hall–Kier alpha value is -0.660. The lowest BCUT2D eigenvalue weighted by atomic mass is 10.0. The Morgan fingerprint density at radius 2 is 1.86 bits per heavy atom. The van der Waals surface area contributed by atoms with Gasteiger partial charge in [-0.25, -0.2) is 0 Å². The quantitative estimate of drug-likeness (QED) is 0.900. The van der Waals surface area contributed by atoms with Crippen LogP contribution in [0.2, 0.25) is 0 Å². The summed E-state index contributed by atoms with van der Waals surface area (Å²) in [6.07, 6.45) is 2.78. The van der Waals surface area contributed by atoms with Gasteiger partial charge in [-0.1, -0.05) is 24.3 Å². The Kier molecular flexibility index (Phi) is 5.85. The smallest absolute Gasteiger partial charge is 0.282 e. The minimum atomic E-state index is -3.34. The van der Waals surface area contributed by atoms with Gasteiger partial charge in [-0.3, -0.25) is 0 Å². The van der Waals surface area contributed by atoms with Gasteiger partial charge in [-0.05, 0) is 37.4 Å². The van der Waals surface area contributed by atoms with E-state index in [0.29, 0.717) is 26.2 Å². The first-order valence-corrected chi connectivity index (χ1v) is 9.00. The number of nitrogens with zero attached hydrogens (tertiary/aromatic N) is 2. The molecular weight excluding hydrogens is 322 g/mol. The molecule has 1 saturated heterocycles. The fourth-order valence-electron chi connectivity index (χ4n) is 3.22. The highest BCUT2D eigenvalue weighted by molar-refractivity contribution is 7.86. The first kappa shape index (κ1) is 17.7. The van der Waals surface area contributed by atoms with E-state index < -0.39 is 10.2 Å². The Morgan fingerprint density at radius 3 is 2.59 bits per heavy atom. The number of benzene rings is 1. The van der Waals surface area contributed by atoms with E-state index in [-0.39, 0.29) is 18.4 Å². The maximum Gasteiger partial charge on any atom is 0.282 e. The molecule has 1 fully saturated rings. The largest absolute Gasteiger partial charge is 0.316 e. The molecule has 2 aliphatic rings. The number of nitrogens with one attached hydrogen (secondary N) is 1. The minimum Gasteiger partial charge on any atom is -0.316 e. The summed E-state index contributed by atoms with van der Waals surface area (Å²) >= 11 is 0. The van der Waals surface area contributed by atoms with Gasteiger partial charge in [0.15, 0.2) is 0 Å². The van der Waals surface area contributed by atoms with E-state index in [1.54, 1.807) is 8.61 Å². The zero-order chi connectivity index (χ0) is 14.9. The van der Waals surface area contributed by atoms with Crippen LogP contribution in [0.5, 0.6) is 0 Å². The third kappa shape index (κ3) is 3.46. The van der Waals surface area contributed by atoms with Crippen molar-refractivity contribution in [3.05, 3.63) is 35.4 Å². The summed E-state index contributed by atoms with van der Waals surface area (Å²) in [5, 5.41) is 3.20. The first-order valence-electron chi connectivity index (χ1n) is 7.60. The third-order valence-corrected chi connectivity index (χ3v) is 6.49. The van der Waals surface area contributed by atoms with E-state index in [1.807, 2.05) is 25.2 Å². The molecule has 1 N–H and O–H groups in total. The SMILES string of the molecule is CNC1CCCN(S(=O)(=O)N2CCc3ccccc3C2)C1.Cl. The van der Waals surface area contributed by atoms with E-state index in [9.17, 15) is 8.42 Å². The van der Waals surface area contributed by atoms with Gasteiger partial charge in [0.1, 0.15) is 0 Å². The molecule has 5 nitrogen and oxygen atoms in total. The molecule has 124 valence electrons. The molecule has 1 aromatic rings. The summed E-state index contributed by atoms with van der Waals surface area (Å²) in [6.45, 7) is 2.30.